The van der Waals surface area contributed by atoms with Gasteiger partial charge in [0.05, 0.1) is 0 Å². The minimum Gasteiger partial charge on any atom is -0.390 e. The Labute approximate surface area is 77.5 Å². The Kier molecular flexibility index (Phi) is 4.45. The molecule has 0 amide bonds. The molecule has 0 spiro atoms. The lowest BCUT2D eigenvalue weighted by molar-refractivity contribution is 0.224. The molecule has 0 fully saturated rings. The van der Waals surface area contributed by atoms with Gasteiger partial charge in [0, 0.05) is 19.6 Å². The van der Waals surface area contributed by atoms with Crippen LogP contribution in [0.3, 0.4) is 0 Å². The zero-order chi connectivity index (χ0) is 10.7. The molecule has 80 valence electrons. The first kappa shape index (κ1) is 13.0. The maximum atomic E-state index is 10.4. The van der Waals surface area contributed by atoms with Gasteiger partial charge in [0.25, 0.3) is 0 Å². The molecule has 7 nitrogen and oxygen atoms in total. The van der Waals surface area contributed by atoms with Crippen LogP contribution < -0.4 is 0 Å². The average Bonchev–Trinajstić information content (AvgIpc) is 1.82. The van der Waals surface area contributed by atoms with Gasteiger partial charge in [0.15, 0.2) is 0 Å². The Morgan fingerprint density at radius 3 is 2.08 bits per heavy atom. The highest BCUT2D eigenvalue weighted by Crippen LogP contribution is 2.03. The van der Waals surface area contributed by atoms with Crippen molar-refractivity contribution in [3.63, 3.8) is 0 Å². The average molecular weight is 231 g/mol. The summed E-state index contributed by atoms with van der Waals surface area (Å²) in [7, 11) is -7.16. The summed E-state index contributed by atoms with van der Waals surface area (Å²) in [6, 6.07) is -0.257. The van der Waals surface area contributed by atoms with E-state index >= 15 is 0 Å². The van der Waals surface area contributed by atoms with Crippen LogP contribution in [0.15, 0.2) is 0 Å². The van der Waals surface area contributed by atoms with Gasteiger partial charge in [0.1, 0.15) is 0 Å². The van der Waals surface area contributed by atoms with E-state index in [1.54, 1.807) is 0 Å². The van der Waals surface area contributed by atoms with Crippen LogP contribution in [0.4, 0.5) is 0 Å². The summed E-state index contributed by atoms with van der Waals surface area (Å²) in [6.45, 7) is -0.0741. The molecule has 0 saturated carbocycles. The number of nitrogens with zero attached hydrogens (tertiary/aromatic N) is 1. The van der Waals surface area contributed by atoms with Crippen molar-refractivity contribution in [3.8, 4) is 0 Å². The molecule has 4 N–H and O–H groups in total. The maximum absolute atomic E-state index is 10.4. The Bertz CT molecular complexity index is 246. The van der Waals surface area contributed by atoms with E-state index in [0.717, 1.165) is 7.05 Å². The summed E-state index contributed by atoms with van der Waals surface area (Å²) < 4.78 is 29.9. The molecule has 0 saturated heterocycles. The fourth-order valence-electron chi connectivity index (χ4n) is 0.654. The van der Waals surface area contributed by atoms with E-state index in [-0.39, 0.29) is 19.0 Å². The summed E-state index contributed by atoms with van der Waals surface area (Å²) in [5.74, 6) is 0. The Balaban J connectivity index is 3.80. The van der Waals surface area contributed by atoms with Gasteiger partial charge in [-0.25, -0.2) is 0 Å². The van der Waals surface area contributed by atoms with Crippen molar-refractivity contribution >= 4 is 19.1 Å². The standard InChI is InChI=1S/C4H13NO6SSi/c1-5(12(6,7)8)3-2-4-13(9,10)11/h9-11H,2-4H2,1H3,(H,6,7,8). The van der Waals surface area contributed by atoms with Gasteiger partial charge in [0.2, 0.25) is 0 Å². The van der Waals surface area contributed by atoms with Gasteiger partial charge in [-0.3, -0.25) is 4.55 Å². The maximum Gasteiger partial charge on any atom is 0.492 e. The molecule has 0 unspecified atom stereocenters. The highest BCUT2D eigenvalue weighted by atomic mass is 32.2. The van der Waals surface area contributed by atoms with E-state index in [4.69, 9.17) is 18.9 Å². The smallest absolute Gasteiger partial charge is 0.390 e. The monoisotopic (exact) mass is 231 g/mol. The zero-order valence-corrected chi connectivity index (χ0v) is 8.90. The normalized spacial score (nSPS) is 13.7. The van der Waals surface area contributed by atoms with Crippen molar-refractivity contribution in [3.05, 3.63) is 0 Å². The minimum atomic E-state index is -4.22. The highest BCUT2D eigenvalue weighted by molar-refractivity contribution is 7.83. The van der Waals surface area contributed by atoms with Gasteiger partial charge in [-0.15, -0.1) is 0 Å². The van der Waals surface area contributed by atoms with Crippen LogP contribution >= 0.6 is 0 Å². The molecule has 9 heteroatoms. The summed E-state index contributed by atoms with van der Waals surface area (Å²) in [6.07, 6.45) is 0.0754. The molecular formula is C4H13NO6SSi. The predicted octanol–water partition coefficient (Wildman–Crippen LogP) is -1.97. The van der Waals surface area contributed by atoms with Crippen molar-refractivity contribution in [1.29, 1.82) is 0 Å². The first-order valence-electron chi connectivity index (χ1n) is 3.49. The molecule has 0 aliphatic carbocycles. The molecule has 0 atom stereocenters. The van der Waals surface area contributed by atoms with Crippen LogP contribution in [0.5, 0.6) is 0 Å². The Hall–Kier alpha value is -0.0331. The van der Waals surface area contributed by atoms with E-state index in [9.17, 15) is 8.42 Å². The third-order valence-corrected chi connectivity index (χ3v) is 3.37. The predicted molar refractivity (Wildman–Crippen MR) is 46.0 cm³/mol. The Morgan fingerprint density at radius 1 is 1.31 bits per heavy atom. The summed E-state index contributed by atoms with van der Waals surface area (Å²) in [4.78, 5) is 25.7. The number of hydrogen-bond acceptors (Lipinski definition) is 5. The fraction of sp³-hybridized carbons (Fsp3) is 1.00. The topological polar surface area (TPSA) is 118 Å². The highest BCUT2D eigenvalue weighted by Gasteiger charge is 2.26. The van der Waals surface area contributed by atoms with Crippen LogP contribution in [-0.2, 0) is 10.3 Å². The molecule has 0 radical (unpaired) electrons. The minimum absolute atomic E-state index is 0.0741. The molecule has 0 aromatic heterocycles. The molecule has 0 aliphatic heterocycles. The van der Waals surface area contributed by atoms with Gasteiger partial charge in [-0.05, 0) is 6.42 Å². The largest absolute Gasteiger partial charge is 0.492 e. The number of rotatable bonds is 5. The van der Waals surface area contributed by atoms with Crippen molar-refractivity contribution in [2.45, 2.75) is 12.5 Å². The molecule has 0 aromatic carbocycles. The van der Waals surface area contributed by atoms with Gasteiger partial charge >= 0.3 is 19.1 Å². The van der Waals surface area contributed by atoms with E-state index in [2.05, 4.69) is 0 Å². The van der Waals surface area contributed by atoms with Crippen molar-refractivity contribution in [1.82, 2.24) is 4.31 Å². The quantitative estimate of drug-likeness (QED) is 0.322. The third kappa shape index (κ3) is 7.07. The lowest BCUT2D eigenvalue weighted by Crippen LogP contribution is -2.36. The van der Waals surface area contributed by atoms with E-state index in [1.165, 1.54) is 0 Å². The van der Waals surface area contributed by atoms with Crippen LogP contribution in [0, 0.1) is 0 Å². The molecule has 0 aliphatic rings. The summed E-state index contributed by atoms with van der Waals surface area (Å²) >= 11 is 0. The second-order valence-corrected chi connectivity index (χ2v) is 6.24. The SMILES string of the molecule is CN(CCC[Si](O)(O)O)S(=O)(=O)O. The zero-order valence-electron chi connectivity index (χ0n) is 7.08. The molecule has 13 heavy (non-hydrogen) atoms. The summed E-state index contributed by atoms with van der Waals surface area (Å²) in [5.41, 5.74) is 0. The van der Waals surface area contributed by atoms with Gasteiger partial charge in [-0.2, -0.15) is 12.7 Å². The van der Waals surface area contributed by atoms with Crippen molar-refractivity contribution < 1.29 is 27.4 Å². The van der Waals surface area contributed by atoms with E-state index in [1.807, 2.05) is 0 Å². The third-order valence-electron chi connectivity index (χ3n) is 1.38. The van der Waals surface area contributed by atoms with Crippen molar-refractivity contribution in [2.75, 3.05) is 13.6 Å². The van der Waals surface area contributed by atoms with Crippen LogP contribution in [0.2, 0.25) is 6.04 Å². The Morgan fingerprint density at radius 2 is 1.77 bits per heavy atom. The first-order valence-corrected chi connectivity index (χ1v) is 6.93. The van der Waals surface area contributed by atoms with Crippen molar-refractivity contribution in [2.24, 2.45) is 0 Å². The molecule has 0 bridgehead atoms. The van der Waals surface area contributed by atoms with Gasteiger partial charge < -0.3 is 14.4 Å². The first-order chi connectivity index (χ1) is 5.63. The number of hydrogen-bond donors (Lipinski definition) is 4. The van der Waals surface area contributed by atoms with Crippen LogP contribution in [-0.4, -0.2) is 54.1 Å². The fourth-order valence-corrected chi connectivity index (χ4v) is 1.65. The van der Waals surface area contributed by atoms with Crippen LogP contribution in [0.1, 0.15) is 6.42 Å². The second-order valence-electron chi connectivity index (χ2n) is 2.68. The van der Waals surface area contributed by atoms with E-state index in [0.29, 0.717) is 4.31 Å². The lowest BCUT2D eigenvalue weighted by Gasteiger charge is -2.13. The second kappa shape index (κ2) is 4.46. The molecule has 0 aromatic rings. The van der Waals surface area contributed by atoms with E-state index < -0.39 is 19.1 Å². The molecular weight excluding hydrogens is 218 g/mol. The lowest BCUT2D eigenvalue weighted by atomic mass is 10.5. The molecule has 0 heterocycles. The van der Waals surface area contributed by atoms with Gasteiger partial charge in [-0.1, -0.05) is 0 Å². The van der Waals surface area contributed by atoms with Crippen LogP contribution in [0.25, 0.3) is 0 Å². The molecule has 0 rings (SSSR count). The summed E-state index contributed by atoms with van der Waals surface area (Å²) in [5, 5.41) is 0.